The summed E-state index contributed by atoms with van der Waals surface area (Å²) in [6.45, 7) is 0. The molecule has 3 aliphatic carbocycles. The van der Waals surface area contributed by atoms with Gasteiger partial charge < -0.3 is 0 Å². The fourth-order valence-electron chi connectivity index (χ4n) is 4.38. The lowest BCUT2D eigenvalue weighted by Crippen LogP contribution is -2.29. The summed E-state index contributed by atoms with van der Waals surface area (Å²) in [4.78, 5) is 0. The highest BCUT2D eigenvalue weighted by molar-refractivity contribution is 14.1. The van der Waals surface area contributed by atoms with E-state index in [1.54, 1.807) is 0 Å². The van der Waals surface area contributed by atoms with Gasteiger partial charge in [0, 0.05) is 15.4 Å². The molecule has 2 bridgehead atoms. The first-order valence-electron chi connectivity index (χ1n) is 7.82. The number of hydrogen-bond acceptors (Lipinski definition) is 1. The minimum atomic E-state index is 0.0987. The normalized spacial score (nSPS) is 19.2. The first-order chi connectivity index (χ1) is 11.7. The third-order valence-corrected chi connectivity index (χ3v) is 6.81. The molecule has 0 fully saturated rings. The molecular formula is C21H11ClIN. The average molecular weight is 440 g/mol. The fraction of sp³-hybridized carbons (Fsp3) is 0.0952. The molecule has 0 spiro atoms. The van der Waals surface area contributed by atoms with Gasteiger partial charge >= 0.3 is 0 Å². The van der Waals surface area contributed by atoms with Crippen LogP contribution in [0.15, 0.2) is 54.6 Å². The molecule has 3 aliphatic rings. The lowest BCUT2D eigenvalue weighted by Gasteiger charge is -2.43. The van der Waals surface area contributed by atoms with Gasteiger partial charge in [0.2, 0.25) is 0 Å². The summed E-state index contributed by atoms with van der Waals surface area (Å²) in [5, 5.41) is 10.5. The van der Waals surface area contributed by atoms with Gasteiger partial charge in [-0.3, -0.25) is 0 Å². The van der Waals surface area contributed by atoms with Crippen LogP contribution in [0.25, 0.3) is 0 Å². The molecule has 0 saturated carbocycles. The van der Waals surface area contributed by atoms with Crippen LogP contribution in [-0.4, -0.2) is 0 Å². The van der Waals surface area contributed by atoms with E-state index in [9.17, 15) is 5.26 Å². The summed E-state index contributed by atoms with van der Waals surface area (Å²) in [5.41, 5.74) is 8.23. The van der Waals surface area contributed by atoms with E-state index in [-0.39, 0.29) is 11.8 Å². The molecule has 0 aliphatic heterocycles. The van der Waals surface area contributed by atoms with Crippen molar-refractivity contribution in [3.8, 4) is 6.07 Å². The second-order valence-corrected chi connectivity index (χ2v) is 7.82. The SMILES string of the molecule is N#Cc1cc(I)c(Cl)c2c1C1c3ccccc3C2c2ccccc21. The predicted octanol–water partition coefficient (Wildman–Crippen LogP) is 5.80. The van der Waals surface area contributed by atoms with Crippen molar-refractivity contribution in [2.75, 3.05) is 0 Å². The summed E-state index contributed by atoms with van der Waals surface area (Å²) in [6.07, 6.45) is 0. The minimum absolute atomic E-state index is 0.0987. The second kappa shape index (κ2) is 5.08. The molecule has 0 aromatic heterocycles. The van der Waals surface area contributed by atoms with Gasteiger partial charge in [-0.1, -0.05) is 60.1 Å². The molecule has 6 rings (SSSR count). The fourth-order valence-corrected chi connectivity index (χ4v) is 5.24. The van der Waals surface area contributed by atoms with Crippen molar-refractivity contribution < 1.29 is 0 Å². The molecule has 0 unspecified atom stereocenters. The van der Waals surface area contributed by atoms with E-state index in [1.165, 1.54) is 22.3 Å². The Morgan fingerprint density at radius 3 is 1.75 bits per heavy atom. The molecular weight excluding hydrogens is 429 g/mol. The monoisotopic (exact) mass is 439 g/mol. The second-order valence-electron chi connectivity index (χ2n) is 6.28. The average Bonchev–Trinajstić information content (AvgIpc) is 2.64. The smallest absolute Gasteiger partial charge is 0.0995 e. The highest BCUT2D eigenvalue weighted by Gasteiger charge is 2.43. The molecule has 0 atom stereocenters. The third-order valence-electron chi connectivity index (χ3n) is 5.23. The molecule has 114 valence electrons. The summed E-state index contributed by atoms with van der Waals surface area (Å²) in [5.74, 6) is 0.216. The highest BCUT2D eigenvalue weighted by Crippen LogP contribution is 2.58. The van der Waals surface area contributed by atoms with Crippen molar-refractivity contribution in [1.82, 2.24) is 0 Å². The molecule has 3 aromatic carbocycles. The van der Waals surface area contributed by atoms with Crippen LogP contribution in [0.1, 0.15) is 50.8 Å². The van der Waals surface area contributed by atoms with E-state index in [2.05, 4.69) is 77.2 Å². The number of benzene rings is 3. The minimum Gasteiger partial charge on any atom is -0.192 e. The highest BCUT2D eigenvalue weighted by atomic mass is 127. The summed E-state index contributed by atoms with van der Waals surface area (Å²) in [6, 6.07) is 21.5. The van der Waals surface area contributed by atoms with Crippen molar-refractivity contribution in [2.45, 2.75) is 11.8 Å². The Kier molecular flexibility index (Phi) is 3.07. The van der Waals surface area contributed by atoms with Gasteiger partial charge in [-0.15, -0.1) is 0 Å². The molecule has 1 nitrogen and oxygen atoms in total. The van der Waals surface area contributed by atoms with E-state index in [1.807, 2.05) is 6.07 Å². The Balaban J connectivity index is 1.98. The molecule has 0 N–H and O–H groups in total. The molecule has 0 amide bonds. The van der Waals surface area contributed by atoms with Crippen molar-refractivity contribution in [3.05, 3.63) is 102 Å². The standard InChI is InChI=1S/C21H11ClIN/c22-21-16(23)9-11(10-24)17-18-12-5-1-3-7-14(12)19(20(17)21)15-8-4-2-6-13(15)18/h1-9,18-19H. The third kappa shape index (κ3) is 1.69. The quantitative estimate of drug-likeness (QED) is 0.280. The summed E-state index contributed by atoms with van der Waals surface area (Å²) >= 11 is 8.99. The van der Waals surface area contributed by atoms with Crippen LogP contribution < -0.4 is 0 Å². The van der Waals surface area contributed by atoms with E-state index < -0.39 is 0 Å². The van der Waals surface area contributed by atoms with Gasteiger partial charge in [0.05, 0.1) is 16.7 Å². The predicted molar refractivity (Wildman–Crippen MR) is 104 cm³/mol. The van der Waals surface area contributed by atoms with Crippen LogP contribution in [0, 0.1) is 14.9 Å². The van der Waals surface area contributed by atoms with Crippen LogP contribution in [0.3, 0.4) is 0 Å². The van der Waals surface area contributed by atoms with Crippen LogP contribution in [-0.2, 0) is 0 Å². The zero-order valence-corrected chi connectivity index (χ0v) is 15.5. The lowest BCUT2D eigenvalue weighted by molar-refractivity contribution is 0.751. The number of rotatable bonds is 0. The Hall–Kier alpha value is -1.83. The van der Waals surface area contributed by atoms with Gasteiger partial charge in [0.15, 0.2) is 0 Å². The zero-order chi connectivity index (χ0) is 16.4. The first kappa shape index (κ1) is 14.5. The molecule has 3 heteroatoms. The molecule has 0 radical (unpaired) electrons. The largest absolute Gasteiger partial charge is 0.192 e. The summed E-state index contributed by atoms with van der Waals surface area (Å²) < 4.78 is 0.951. The van der Waals surface area contributed by atoms with Crippen molar-refractivity contribution >= 4 is 34.2 Å². The van der Waals surface area contributed by atoms with Gasteiger partial charge in [-0.2, -0.15) is 5.26 Å². The van der Waals surface area contributed by atoms with E-state index in [0.717, 1.165) is 25.3 Å². The maximum Gasteiger partial charge on any atom is 0.0995 e. The van der Waals surface area contributed by atoms with Gasteiger partial charge in [-0.25, -0.2) is 0 Å². The van der Waals surface area contributed by atoms with Gasteiger partial charge in [0.25, 0.3) is 0 Å². The topological polar surface area (TPSA) is 23.8 Å². The number of nitriles is 1. The Bertz CT molecular complexity index is 1020. The van der Waals surface area contributed by atoms with Crippen LogP contribution >= 0.6 is 34.2 Å². The Labute approximate surface area is 159 Å². The van der Waals surface area contributed by atoms with Crippen LogP contribution in [0.2, 0.25) is 5.02 Å². The molecule has 3 aromatic rings. The van der Waals surface area contributed by atoms with Crippen LogP contribution in [0.4, 0.5) is 0 Å². The van der Waals surface area contributed by atoms with E-state index in [0.29, 0.717) is 0 Å². The maximum absolute atomic E-state index is 9.74. The van der Waals surface area contributed by atoms with E-state index in [4.69, 9.17) is 11.6 Å². The zero-order valence-electron chi connectivity index (χ0n) is 12.6. The molecule has 24 heavy (non-hydrogen) atoms. The first-order valence-corrected chi connectivity index (χ1v) is 9.27. The molecule has 0 saturated heterocycles. The van der Waals surface area contributed by atoms with Crippen LogP contribution in [0.5, 0.6) is 0 Å². The van der Waals surface area contributed by atoms with Gasteiger partial charge in [-0.05, 0) is 62.0 Å². The van der Waals surface area contributed by atoms with Gasteiger partial charge in [0.1, 0.15) is 0 Å². The number of nitrogens with zero attached hydrogens (tertiary/aromatic N) is 1. The number of hydrogen-bond donors (Lipinski definition) is 0. The molecule has 0 heterocycles. The summed E-state index contributed by atoms with van der Waals surface area (Å²) in [7, 11) is 0. The maximum atomic E-state index is 9.74. The van der Waals surface area contributed by atoms with Crippen molar-refractivity contribution in [1.29, 1.82) is 5.26 Å². The number of halogens is 2. The van der Waals surface area contributed by atoms with Crippen molar-refractivity contribution in [3.63, 3.8) is 0 Å². The van der Waals surface area contributed by atoms with Crippen molar-refractivity contribution in [2.24, 2.45) is 0 Å². The Morgan fingerprint density at radius 2 is 1.29 bits per heavy atom. The Morgan fingerprint density at radius 1 is 0.833 bits per heavy atom. The lowest BCUT2D eigenvalue weighted by atomic mass is 9.60. The van der Waals surface area contributed by atoms with E-state index >= 15 is 0 Å².